The van der Waals surface area contributed by atoms with Crippen molar-refractivity contribution < 1.29 is 8.81 Å². The highest BCUT2D eigenvalue weighted by Gasteiger charge is 2.19. The van der Waals surface area contributed by atoms with E-state index in [2.05, 4.69) is 31.4 Å². The predicted molar refractivity (Wildman–Crippen MR) is 76.7 cm³/mol. The Bertz CT molecular complexity index is 598. The minimum atomic E-state index is -0.337. The van der Waals surface area contributed by atoms with E-state index in [1.54, 1.807) is 12.1 Å². The van der Waals surface area contributed by atoms with Crippen molar-refractivity contribution >= 4 is 15.9 Å². The van der Waals surface area contributed by atoms with E-state index in [1.807, 2.05) is 0 Å². The molecule has 1 N–H and O–H groups in total. The molecule has 4 nitrogen and oxygen atoms in total. The molecule has 0 spiro atoms. The third kappa shape index (κ3) is 3.43. The van der Waals surface area contributed by atoms with Gasteiger partial charge in [0.05, 0.1) is 4.47 Å². The van der Waals surface area contributed by atoms with E-state index < -0.39 is 0 Å². The standard InChI is InChI=1S/C14H15BrFN3O/c15-11-6-3-9(8-12(11)16)14-19-18-13(20-14)2-1-7-17-10-4-5-10/h3,6,8,10,17H,1-2,4-5,7H2. The normalized spacial score (nSPS) is 14.7. The number of nitrogens with zero attached hydrogens (tertiary/aromatic N) is 2. The van der Waals surface area contributed by atoms with Crippen molar-refractivity contribution in [3.63, 3.8) is 0 Å². The number of hydrogen-bond acceptors (Lipinski definition) is 4. The first kappa shape index (κ1) is 13.7. The second-order valence-corrected chi connectivity index (χ2v) is 5.82. The van der Waals surface area contributed by atoms with Crippen molar-refractivity contribution in [1.29, 1.82) is 0 Å². The van der Waals surface area contributed by atoms with Gasteiger partial charge in [-0.15, -0.1) is 10.2 Å². The van der Waals surface area contributed by atoms with Crippen LogP contribution in [0.15, 0.2) is 27.1 Å². The Kier molecular flexibility index (Phi) is 4.12. The molecule has 3 rings (SSSR count). The fraction of sp³-hybridized carbons (Fsp3) is 0.429. The van der Waals surface area contributed by atoms with Gasteiger partial charge in [0.25, 0.3) is 0 Å². The number of benzene rings is 1. The lowest BCUT2D eigenvalue weighted by atomic mass is 10.2. The van der Waals surface area contributed by atoms with E-state index in [0.29, 0.717) is 21.8 Å². The zero-order chi connectivity index (χ0) is 13.9. The Hall–Kier alpha value is -1.27. The maximum absolute atomic E-state index is 13.5. The molecule has 0 amide bonds. The predicted octanol–water partition coefficient (Wildman–Crippen LogP) is 3.32. The molecular formula is C14H15BrFN3O. The summed E-state index contributed by atoms with van der Waals surface area (Å²) in [5.41, 5.74) is 0.598. The molecule has 0 bridgehead atoms. The number of nitrogens with one attached hydrogen (secondary N) is 1. The first-order valence-electron chi connectivity index (χ1n) is 6.73. The molecule has 1 saturated carbocycles. The first-order chi connectivity index (χ1) is 9.72. The number of aromatic nitrogens is 2. The van der Waals surface area contributed by atoms with Gasteiger partial charge in [-0.1, -0.05) is 0 Å². The summed E-state index contributed by atoms with van der Waals surface area (Å²) in [7, 11) is 0. The van der Waals surface area contributed by atoms with E-state index in [1.165, 1.54) is 18.9 Å². The topological polar surface area (TPSA) is 51.0 Å². The summed E-state index contributed by atoms with van der Waals surface area (Å²) in [5.74, 6) is 0.623. The minimum absolute atomic E-state index is 0.337. The number of rotatable bonds is 6. The van der Waals surface area contributed by atoms with Crippen molar-refractivity contribution in [1.82, 2.24) is 15.5 Å². The SMILES string of the molecule is Fc1cc(-c2nnc(CCCNC3CC3)o2)ccc1Br. The van der Waals surface area contributed by atoms with Crippen molar-refractivity contribution in [3.8, 4) is 11.5 Å². The molecule has 1 heterocycles. The Labute approximate surface area is 124 Å². The molecule has 1 aromatic heterocycles. The van der Waals surface area contributed by atoms with Gasteiger partial charge in [0.15, 0.2) is 0 Å². The van der Waals surface area contributed by atoms with E-state index in [-0.39, 0.29) is 5.82 Å². The fourth-order valence-electron chi connectivity index (χ4n) is 1.93. The van der Waals surface area contributed by atoms with E-state index in [9.17, 15) is 4.39 Å². The number of aryl methyl sites for hydroxylation is 1. The molecule has 1 fully saturated rings. The maximum Gasteiger partial charge on any atom is 0.247 e. The van der Waals surface area contributed by atoms with Gasteiger partial charge in [0.2, 0.25) is 11.8 Å². The van der Waals surface area contributed by atoms with Crippen LogP contribution in [0.25, 0.3) is 11.5 Å². The van der Waals surface area contributed by atoms with Crippen LogP contribution >= 0.6 is 15.9 Å². The van der Waals surface area contributed by atoms with Crippen molar-refractivity contribution in [2.45, 2.75) is 31.7 Å². The Balaban J connectivity index is 1.58. The summed E-state index contributed by atoms with van der Waals surface area (Å²) in [6.07, 6.45) is 4.29. The van der Waals surface area contributed by atoms with Crippen LogP contribution in [-0.2, 0) is 6.42 Å². The van der Waals surface area contributed by atoms with Crippen molar-refractivity contribution in [2.24, 2.45) is 0 Å². The third-order valence-electron chi connectivity index (χ3n) is 3.21. The Morgan fingerprint density at radius 3 is 2.95 bits per heavy atom. The molecule has 0 atom stereocenters. The molecule has 1 aliphatic carbocycles. The van der Waals surface area contributed by atoms with E-state index in [4.69, 9.17) is 4.42 Å². The van der Waals surface area contributed by atoms with Gasteiger partial charge in [0.1, 0.15) is 5.82 Å². The van der Waals surface area contributed by atoms with Crippen LogP contribution in [0.1, 0.15) is 25.2 Å². The lowest BCUT2D eigenvalue weighted by Crippen LogP contribution is -2.17. The molecule has 1 aliphatic rings. The quantitative estimate of drug-likeness (QED) is 0.820. The number of halogens is 2. The highest BCUT2D eigenvalue weighted by molar-refractivity contribution is 9.10. The summed E-state index contributed by atoms with van der Waals surface area (Å²) in [5, 5.41) is 11.4. The largest absolute Gasteiger partial charge is 0.421 e. The third-order valence-corrected chi connectivity index (χ3v) is 3.85. The van der Waals surface area contributed by atoms with Crippen LogP contribution in [0.4, 0.5) is 4.39 Å². The van der Waals surface area contributed by atoms with Gasteiger partial charge in [-0.25, -0.2) is 4.39 Å². The fourth-order valence-corrected chi connectivity index (χ4v) is 2.18. The minimum Gasteiger partial charge on any atom is -0.421 e. The highest BCUT2D eigenvalue weighted by atomic mass is 79.9. The molecule has 2 aromatic rings. The Morgan fingerprint density at radius 2 is 2.20 bits per heavy atom. The lowest BCUT2D eigenvalue weighted by Gasteiger charge is -1.99. The van der Waals surface area contributed by atoms with E-state index in [0.717, 1.165) is 25.4 Å². The lowest BCUT2D eigenvalue weighted by molar-refractivity contribution is 0.490. The second-order valence-electron chi connectivity index (χ2n) is 4.96. The van der Waals surface area contributed by atoms with Gasteiger partial charge in [-0.05, 0) is 59.9 Å². The summed E-state index contributed by atoms with van der Waals surface area (Å²) in [6, 6.07) is 5.49. The Morgan fingerprint density at radius 1 is 1.35 bits per heavy atom. The smallest absolute Gasteiger partial charge is 0.247 e. The second kappa shape index (κ2) is 6.01. The van der Waals surface area contributed by atoms with Gasteiger partial charge >= 0.3 is 0 Å². The summed E-state index contributed by atoms with van der Waals surface area (Å²) in [4.78, 5) is 0. The molecule has 106 valence electrons. The monoisotopic (exact) mass is 339 g/mol. The zero-order valence-corrected chi connectivity index (χ0v) is 12.5. The average molecular weight is 340 g/mol. The van der Waals surface area contributed by atoms with Crippen LogP contribution in [0.2, 0.25) is 0 Å². The van der Waals surface area contributed by atoms with Gasteiger partial charge < -0.3 is 9.73 Å². The summed E-state index contributed by atoms with van der Waals surface area (Å²) in [6.45, 7) is 0.968. The van der Waals surface area contributed by atoms with Gasteiger partial charge in [-0.3, -0.25) is 0 Å². The van der Waals surface area contributed by atoms with Crippen LogP contribution in [0, 0.1) is 5.82 Å². The van der Waals surface area contributed by atoms with Crippen molar-refractivity contribution in [3.05, 3.63) is 34.4 Å². The van der Waals surface area contributed by atoms with E-state index >= 15 is 0 Å². The zero-order valence-electron chi connectivity index (χ0n) is 10.9. The summed E-state index contributed by atoms with van der Waals surface area (Å²) < 4.78 is 19.4. The van der Waals surface area contributed by atoms with Crippen LogP contribution in [-0.4, -0.2) is 22.8 Å². The van der Waals surface area contributed by atoms with Gasteiger partial charge in [-0.2, -0.15) is 0 Å². The molecule has 20 heavy (non-hydrogen) atoms. The van der Waals surface area contributed by atoms with Crippen molar-refractivity contribution in [2.75, 3.05) is 6.54 Å². The van der Waals surface area contributed by atoms with Crippen LogP contribution in [0.3, 0.4) is 0 Å². The molecular weight excluding hydrogens is 325 g/mol. The van der Waals surface area contributed by atoms with Crippen LogP contribution in [0.5, 0.6) is 0 Å². The maximum atomic E-state index is 13.5. The molecule has 6 heteroatoms. The molecule has 1 aromatic carbocycles. The molecule has 0 radical (unpaired) electrons. The highest BCUT2D eigenvalue weighted by Crippen LogP contribution is 2.24. The first-order valence-corrected chi connectivity index (χ1v) is 7.53. The molecule has 0 unspecified atom stereocenters. The summed E-state index contributed by atoms with van der Waals surface area (Å²) >= 11 is 3.12. The molecule has 0 saturated heterocycles. The number of hydrogen-bond donors (Lipinski definition) is 1. The van der Waals surface area contributed by atoms with Gasteiger partial charge in [0, 0.05) is 18.0 Å². The van der Waals surface area contributed by atoms with Crippen LogP contribution < -0.4 is 5.32 Å². The molecule has 0 aliphatic heterocycles. The average Bonchev–Trinajstić information content (AvgIpc) is 3.15.